The molecule has 0 saturated carbocycles. The number of carbonyl (C=O) groups is 1. The standard InChI is InChI=1S/C12H10BrFN2OS/c1-2-10-12(18-16-15-10)11(17)5-7-3-4-8(14)6-9(7)13/h3-4,6H,2,5H2,1H3. The van der Waals surface area contributed by atoms with Crippen molar-refractivity contribution in [3.05, 3.63) is 44.6 Å². The van der Waals surface area contributed by atoms with Crippen LogP contribution < -0.4 is 0 Å². The van der Waals surface area contributed by atoms with Crippen molar-refractivity contribution in [1.29, 1.82) is 0 Å². The molecule has 0 fully saturated rings. The first-order valence-electron chi connectivity index (χ1n) is 5.40. The summed E-state index contributed by atoms with van der Waals surface area (Å²) >= 11 is 4.36. The number of hydrogen-bond donors (Lipinski definition) is 0. The van der Waals surface area contributed by atoms with Gasteiger partial charge in [-0.25, -0.2) is 4.39 Å². The molecule has 2 rings (SSSR count). The molecule has 0 bridgehead atoms. The third-order valence-corrected chi connectivity index (χ3v) is 4.06. The maximum atomic E-state index is 12.9. The highest BCUT2D eigenvalue weighted by atomic mass is 79.9. The van der Waals surface area contributed by atoms with E-state index >= 15 is 0 Å². The molecule has 0 N–H and O–H groups in total. The van der Waals surface area contributed by atoms with Crippen LogP contribution in [0.15, 0.2) is 22.7 Å². The van der Waals surface area contributed by atoms with Gasteiger partial charge in [0.25, 0.3) is 0 Å². The van der Waals surface area contributed by atoms with Gasteiger partial charge in [-0.1, -0.05) is 33.4 Å². The van der Waals surface area contributed by atoms with Crippen molar-refractivity contribution in [2.45, 2.75) is 19.8 Å². The summed E-state index contributed by atoms with van der Waals surface area (Å²) < 4.78 is 17.3. The number of carbonyl (C=O) groups excluding carboxylic acids is 1. The van der Waals surface area contributed by atoms with E-state index in [1.54, 1.807) is 6.07 Å². The molecule has 0 aliphatic rings. The van der Waals surface area contributed by atoms with Gasteiger partial charge in [-0.15, -0.1) is 5.10 Å². The zero-order chi connectivity index (χ0) is 13.1. The number of benzene rings is 1. The molecule has 18 heavy (non-hydrogen) atoms. The van der Waals surface area contributed by atoms with Gasteiger partial charge in [0, 0.05) is 10.9 Å². The summed E-state index contributed by atoms with van der Waals surface area (Å²) in [5.41, 5.74) is 1.49. The molecule has 1 aromatic heterocycles. The van der Waals surface area contributed by atoms with E-state index in [-0.39, 0.29) is 18.0 Å². The summed E-state index contributed by atoms with van der Waals surface area (Å²) in [7, 11) is 0. The lowest BCUT2D eigenvalue weighted by atomic mass is 10.1. The number of hydrogen-bond acceptors (Lipinski definition) is 4. The third-order valence-electron chi connectivity index (χ3n) is 2.51. The van der Waals surface area contributed by atoms with E-state index in [1.165, 1.54) is 12.1 Å². The minimum Gasteiger partial charge on any atom is -0.293 e. The predicted octanol–water partition coefficient (Wildman–Crippen LogP) is 3.43. The molecule has 0 saturated heterocycles. The van der Waals surface area contributed by atoms with Crippen molar-refractivity contribution in [3.63, 3.8) is 0 Å². The van der Waals surface area contributed by atoms with Gasteiger partial charge in [-0.3, -0.25) is 4.79 Å². The smallest absolute Gasteiger partial charge is 0.180 e. The Balaban J connectivity index is 2.21. The number of aryl methyl sites for hydroxylation is 1. The van der Waals surface area contributed by atoms with E-state index in [9.17, 15) is 9.18 Å². The predicted molar refractivity (Wildman–Crippen MR) is 71.4 cm³/mol. The fourth-order valence-electron chi connectivity index (χ4n) is 1.57. The second-order valence-corrected chi connectivity index (χ2v) is 5.35. The summed E-state index contributed by atoms with van der Waals surface area (Å²) in [6, 6.07) is 4.31. The first-order valence-corrected chi connectivity index (χ1v) is 6.96. The highest BCUT2D eigenvalue weighted by Crippen LogP contribution is 2.21. The molecule has 0 aliphatic carbocycles. The highest BCUT2D eigenvalue weighted by Gasteiger charge is 2.16. The van der Waals surface area contributed by atoms with Crippen LogP contribution in [-0.4, -0.2) is 15.4 Å². The quantitative estimate of drug-likeness (QED) is 0.807. The summed E-state index contributed by atoms with van der Waals surface area (Å²) in [5.74, 6) is -0.360. The molecule has 94 valence electrons. The molecule has 0 radical (unpaired) electrons. The molecule has 3 nitrogen and oxygen atoms in total. The second-order valence-electron chi connectivity index (χ2n) is 3.74. The molecule has 1 aromatic carbocycles. The first kappa shape index (κ1) is 13.3. The van der Waals surface area contributed by atoms with Crippen molar-refractivity contribution in [1.82, 2.24) is 9.59 Å². The van der Waals surface area contributed by atoms with Gasteiger partial charge < -0.3 is 0 Å². The maximum Gasteiger partial charge on any atom is 0.180 e. The SMILES string of the molecule is CCc1nnsc1C(=O)Cc1ccc(F)cc1Br. The Hall–Kier alpha value is -1.14. The molecular weight excluding hydrogens is 319 g/mol. The Morgan fingerprint density at radius 3 is 2.94 bits per heavy atom. The average molecular weight is 329 g/mol. The van der Waals surface area contributed by atoms with E-state index in [0.717, 1.165) is 22.8 Å². The molecule has 0 aliphatic heterocycles. The van der Waals surface area contributed by atoms with Crippen LogP contribution >= 0.6 is 27.5 Å². The van der Waals surface area contributed by atoms with Crippen molar-refractivity contribution in [2.75, 3.05) is 0 Å². The third kappa shape index (κ3) is 2.81. The molecule has 0 atom stereocenters. The normalized spacial score (nSPS) is 10.6. The monoisotopic (exact) mass is 328 g/mol. The topological polar surface area (TPSA) is 42.9 Å². The fourth-order valence-corrected chi connectivity index (χ4v) is 2.75. The number of aromatic nitrogens is 2. The van der Waals surface area contributed by atoms with Gasteiger partial charge in [0.05, 0.1) is 5.69 Å². The Morgan fingerprint density at radius 1 is 1.50 bits per heavy atom. The van der Waals surface area contributed by atoms with E-state index in [0.29, 0.717) is 15.8 Å². The largest absolute Gasteiger partial charge is 0.293 e. The number of ketones is 1. The Labute approximate surface area is 116 Å². The number of rotatable bonds is 4. The lowest BCUT2D eigenvalue weighted by molar-refractivity contribution is 0.0995. The van der Waals surface area contributed by atoms with Crippen molar-refractivity contribution < 1.29 is 9.18 Å². The van der Waals surface area contributed by atoms with Crippen LogP contribution in [0.1, 0.15) is 27.9 Å². The van der Waals surface area contributed by atoms with Gasteiger partial charge in [0.2, 0.25) is 0 Å². The van der Waals surface area contributed by atoms with Crippen molar-refractivity contribution in [3.8, 4) is 0 Å². The maximum absolute atomic E-state index is 12.9. The van der Waals surface area contributed by atoms with E-state index in [4.69, 9.17) is 0 Å². The van der Waals surface area contributed by atoms with Gasteiger partial charge in [-0.05, 0) is 35.6 Å². The molecule has 6 heteroatoms. The minimum atomic E-state index is -0.327. The van der Waals surface area contributed by atoms with Gasteiger partial charge in [-0.2, -0.15) is 0 Å². The highest BCUT2D eigenvalue weighted by molar-refractivity contribution is 9.10. The molecule has 0 spiro atoms. The van der Waals surface area contributed by atoms with Crippen LogP contribution in [0, 0.1) is 5.82 Å². The van der Waals surface area contributed by atoms with Crippen molar-refractivity contribution in [2.24, 2.45) is 0 Å². The average Bonchev–Trinajstić information content (AvgIpc) is 2.81. The van der Waals surface area contributed by atoms with Crippen LogP contribution in [0.3, 0.4) is 0 Å². The van der Waals surface area contributed by atoms with Crippen LogP contribution in [0.2, 0.25) is 0 Å². The zero-order valence-electron chi connectivity index (χ0n) is 9.61. The Bertz CT molecular complexity index is 585. The van der Waals surface area contributed by atoms with E-state index in [1.807, 2.05) is 6.92 Å². The summed E-state index contributed by atoms with van der Waals surface area (Å²) in [6.07, 6.45) is 0.903. The number of halogens is 2. The summed E-state index contributed by atoms with van der Waals surface area (Å²) in [4.78, 5) is 12.7. The molecular formula is C12H10BrFN2OS. The fraction of sp³-hybridized carbons (Fsp3) is 0.250. The van der Waals surface area contributed by atoms with E-state index < -0.39 is 0 Å². The molecule has 0 unspecified atom stereocenters. The van der Waals surface area contributed by atoms with Gasteiger partial charge in [0.1, 0.15) is 10.7 Å². The van der Waals surface area contributed by atoms with Crippen LogP contribution in [0.4, 0.5) is 4.39 Å². The number of nitrogens with zero attached hydrogens (tertiary/aromatic N) is 2. The summed E-state index contributed by atoms with van der Waals surface area (Å²) in [6.45, 7) is 1.93. The Morgan fingerprint density at radius 2 is 2.28 bits per heavy atom. The Kier molecular flexibility index (Phi) is 4.19. The summed E-state index contributed by atoms with van der Waals surface area (Å²) in [5, 5.41) is 3.91. The van der Waals surface area contributed by atoms with Crippen LogP contribution in [-0.2, 0) is 12.8 Å². The number of Topliss-reactive ketones (excluding diaryl/α,β-unsaturated/α-hetero) is 1. The van der Waals surface area contributed by atoms with Crippen LogP contribution in [0.25, 0.3) is 0 Å². The first-order chi connectivity index (χ1) is 8.61. The van der Waals surface area contributed by atoms with Gasteiger partial charge in [0.15, 0.2) is 5.78 Å². The zero-order valence-corrected chi connectivity index (χ0v) is 12.0. The molecule has 1 heterocycles. The minimum absolute atomic E-state index is 0.0332. The molecule has 2 aromatic rings. The lowest BCUT2D eigenvalue weighted by Crippen LogP contribution is -2.05. The lowest BCUT2D eigenvalue weighted by Gasteiger charge is -2.03. The van der Waals surface area contributed by atoms with Crippen LogP contribution in [0.5, 0.6) is 0 Å². The van der Waals surface area contributed by atoms with E-state index in [2.05, 4.69) is 25.5 Å². The molecule has 0 amide bonds. The van der Waals surface area contributed by atoms with Crippen molar-refractivity contribution >= 4 is 33.2 Å². The van der Waals surface area contributed by atoms with Gasteiger partial charge >= 0.3 is 0 Å². The second kappa shape index (κ2) is 5.67.